The Morgan fingerprint density at radius 1 is 1.25 bits per heavy atom. The van der Waals surface area contributed by atoms with E-state index in [1.165, 1.54) is 0 Å². The average molecular weight is 327 g/mol. The molecule has 0 spiro atoms. The molecule has 4 rings (SSSR count). The summed E-state index contributed by atoms with van der Waals surface area (Å²) in [6.45, 7) is 3.53. The first-order chi connectivity index (χ1) is 11.6. The molecule has 1 aromatic heterocycles. The number of aryl methyl sites for hydroxylation is 1. The first kappa shape index (κ1) is 15.6. The van der Waals surface area contributed by atoms with E-state index in [1.807, 2.05) is 24.0 Å². The molecule has 1 aromatic rings. The fourth-order valence-corrected chi connectivity index (χ4v) is 4.24. The molecule has 2 aliphatic heterocycles. The van der Waals surface area contributed by atoms with Crippen molar-refractivity contribution < 1.29 is 9.59 Å². The van der Waals surface area contributed by atoms with Gasteiger partial charge in [-0.25, -0.2) is 0 Å². The van der Waals surface area contributed by atoms with Crippen molar-refractivity contribution in [3.8, 4) is 0 Å². The molecule has 3 aliphatic rings. The number of aromatic nitrogens is 1. The minimum absolute atomic E-state index is 0.189. The molecule has 3 fully saturated rings. The Morgan fingerprint density at radius 2 is 2.08 bits per heavy atom. The van der Waals surface area contributed by atoms with Crippen LogP contribution >= 0.6 is 0 Å². The predicted molar refractivity (Wildman–Crippen MR) is 90.3 cm³/mol. The monoisotopic (exact) mass is 327 g/mol. The number of fused-ring (bicyclic) bond motifs is 1. The van der Waals surface area contributed by atoms with Crippen LogP contribution in [0.25, 0.3) is 0 Å². The molecule has 128 valence electrons. The zero-order chi connectivity index (χ0) is 16.7. The van der Waals surface area contributed by atoms with Gasteiger partial charge in [0, 0.05) is 43.5 Å². The van der Waals surface area contributed by atoms with E-state index in [0.717, 1.165) is 50.0 Å². The van der Waals surface area contributed by atoms with Gasteiger partial charge in [0.15, 0.2) is 0 Å². The fraction of sp³-hybridized carbons (Fsp3) is 0.632. The van der Waals surface area contributed by atoms with Crippen molar-refractivity contribution in [3.63, 3.8) is 0 Å². The van der Waals surface area contributed by atoms with E-state index in [4.69, 9.17) is 0 Å². The number of hydrogen-bond acceptors (Lipinski definition) is 3. The van der Waals surface area contributed by atoms with Crippen molar-refractivity contribution in [2.75, 3.05) is 13.1 Å². The van der Waals surface area contributed by atoms with Gasteiger partial charge in [-0.15, -0.1) is 0 Å². The van der Waals surface area contributed by atoms with Gasteiger partial charge in [0.05, 0.1) is 6.42 Å². The molecule has 2 saturated heterocycles. The van der Waals surface area contributed by atoms with Gasteiger partial charge in [-0.3, -0.25) is 14.6 Å². The van der Waals surface area contributed by atoms with Crippen LogP contribution in [-0.4, -0.2) is 51.8 Å². The summed E-state index contributed by atoms with van der Waals surface area (Å²) in [5.41, 5.74) is 1.95. The molecule has 0 aromatic carbocycles. The highest BCUT2D eigenvalue weighted by Crippen LogP contribution is 2.39. The number of pyridine rings is 1. The summed E-state index contributed by atoms with van der Waals surface area (Å²) >= 11 is 0. The molecule has 5 heteroatoms. The van der Waals surface area contributed by atoms with Gasteiger partial charge in [0.25, 0.3) is 0 Å². The second-order valence-electron chi connectivity index (χ2n) is 7.51. The Labute approximate surface area is 143 Å². The third kappa shape index (κ3) is 3.04. The van der Waals surface area contributed by atoms with Crippen molar-refractivity contribution in [2.45, 2.75) is 57.5 Å². The first-order valence-corrected chi connectivity index (χ1v) is 9.12. The molecular weight excluding hydrogens is 302 g/mol. The Balaban J connectivity index is 1.39. The van der Waals surface area contributed by atoms with Gasteiger partial charge in [-0.1, -0.05) is 6.07 Å². The fourth-order valence-electron chi connectivity index (χ4n) is 4.24. The van der Waals surface area contributed by atoms with Crippen LogP contribution in [0.3, 0.4) is 0 Å². The summed E-state index contributed by atoms with van der Waals surface area (Å²) in [6.07, 6.45) is 7.08. The second-order valence-corrected chi connectivity index (χ2v) is 7.51. The highest BCUT2D eigenvalue weighted by molar-refractivity contribution is 5.80. The van der Waals surface area contributed by atoms with Crippen LogP contribution in [0.1, 0.15) is 43.4 Å². The molecule has 3 heterocycles. The maximum Gasteiger partial charge on any atom is 0.227 e. The summed E-state index contributed by atoms with van der Waals surface area (Å²) < 4.78 is 0. The molecule has 0 N–H and O–H groups in total. The van der Waals surface area contributed by atoms with E-state index in [9.17, 15) is 9.59 Å². The zero-order valence-electron chi connectivity index (χ0n) is 14.3. The van der Waals surface area contributed by atoms with E-state index in [-0.39, 0.29) is 5.91 Å². The van der Waals surface area contributed by atoms with Crippen LogP contribution in [0.4, 0.5) is 0 Å². The maximum absolute atomic E-state index is 12.6. The Kier molecular flexibility index (Phi) is 4.02. The van der Waals surface area contributed by atoms with E-state index < -0.39 is 0 Å². The van der Waals surface area contributed by atoms with E-state index >= 15 is 0 Å². The summed E-state index contributed by atoms with van der Waals surface area (Å²) in [4.78, 5) is 33.3. The van der Waals surface area contributed by atoms with E-state index in [2.05, 4.69) is 9.88 Å². The number of amides is 2. The van der Waals surface area contributed by atoms with Gasteiger partial charge >= 0.3 is 0 Å². The van der Waals surface area contributed by atoms with Crippen LogP contribution in [-0.2, 0) is 16.0 Å². The van der Waals surface area contributed by atoms with Crippen molar-refractivity contribution in [1.82, 2.24) is 14.8 Å². The summed E-state index contributed by atoms with van der Waals surface area (Å²) in [6, 6.07) is 4.80. The lowest BCUT2D eigenvalue weighted by Gasteiger charge is -2.47. The zero-order valence-corrected chi connectivity index (χ0v) is 14.3. The quantitative estimate of drug-likeness (QED) is 0.852. The molecule has 0 unspecified atom stereocenters. The number of carbonyl (C=O) groups is 2. The highest BCUT2D eigenvalue weighted by Gasteiger charge is 2.45. The minimum Gasteiger partial charge on any atom is -0.342 e. The number of piperidine rings is 2. The molecule has 24 heavy (non-hydrogen) atoms. The number of nitrogens with zero attached hydrogens (tertiary/aromatic N) is 3. The lowest BCUT2D eigenvalue weighted by atomic mass is 9.83. The van der Waals surface area contributed by atoms with E-state index in [1.54, 1.807) is 6.20 Å². The number of rotatable bonds is 3. The summed E-state index contributed by atoms with van der Waals surface area (Å²) in [5.74, 6) is 0.982. The average Bonchev–Trinajstić information content (AvgIpc) is 3.41. The van der Waals surface area contributed by atoms with Crippen molar-refractivity contribution in [1.29, 1.82) is 0 Å². The van der Waals surface area contributed by atoms with Gasteiger partial charge in [-0.05, 0) is 50.2 Å². The van der Waals surface area contributed by atoms with Crippen molar-refractivity contribution >= 4 is 11.8 Å². The van der Waals surface area contributed by atoms with Crippen molar-refractivity contribution in [3.05, 3.63) is 29.6 Å². The highest BCUT2D eigenvalue weighted by atomic mass is 16.2. The van der Waals surface area contributed by atoms with E-state index in [0.29, 0.717) is 36.8 Å². The molecule has 0 bridgehead atoms. The van der Waals surface area contributed by atoms with Gasteiger partial charge in [0.1, 0.15) is 0 Å². The lowest BCUT2D eigenvalue weighted by molar-refractivity contribution is -0.144. The second kappa shape index (κ2) is 6.19. The number of carbonyl (C=O) groups excluding carboxylic acids is 2. The third-order valence-corrected chi connectivity index (χ3v) is 5.69. The summed E-state index contributed by atoms with van der Waals surface area (Å²) in [7, 11) is 0. The minimum atomic E-state index is 0.189. The molecule has 2 atom stereocenters. The first-order valence-electron chi connectivity index (χ1n) is 9.12. The molecule has 2 amide bonds. The molecule has 1 saturated carbocycles. The lowest BCUT2D eigenvalue weighted by Crippen LogP contribution is -2.57. The van der Waals surface area contributed by atoms with Gasteiger partial charge < -0.3 is 9.80 Å². The molecule has 1 aliphatic carbocycles. The SMILES string of the molecule is Cc1ccc(CC(=O)N2CC[C@@H]3[C@@H](CCC(=O)N3C3CC3)C2)cn1. The topological polar surface area (TPSA) is 53.5 Å². The third-order valence-electron chi connectivity index (χ3n) is 5.69. The summed E-state index contributed by atoms with van der Waals surface area (Å²) in [5, 5.41) is 0. The van der Waals surface area contributed by atoms with Crippen molar-refractivity contribution in [2.24, 2.45) is 5.92 Å². The van der Waals surface area contributed by atoms with Crippen LogP contribution in [0.15, 0.2) is 18.3 Å². The molecule has 5 nitrogen and oxygen atoms in total. The maximum atomic E-state index is 12.6. The van der Waals surface area contributed by atoms with Crippen LogP contribution in [0.5, 0.6) is 0 Å². The standard InChI is InChI=1S/C19H25N3O2/c1-13-2-3-14(11-20-13)10-19(24)21-9-8-17-15(12-21)4-7-18(23)22(17)16-5-6-16/h2-3,11,15-17H,4-10,12H2,1H3/t15-,17+/m0/s1. The van der Waals surface area contributed by atoms with Crippen LogP contribution in [0.2, 0.25) is 0 Å². The predicted octanol–water partition coefficient (Wildman–Crippen LogP) is 1.93. The molecular formula is C19H25N3O2. The normalized spacial score (nSPS) is 27.1. The van der Waals surface area contributed by atoms with Crippen LogP contribution in [0, 0.1) is 12.8 Å². The Bertz CT molecular complexity index is 639. The van der Waals surface area contributed by atoms with Crippen LogP contribution < -0.4 is 0 Å². The Morgan fingerprint density at radius 3 is 2.79 bits per heavy atom. The smallest absolute Gasteiger partial charge is 0.227 e. The Hall–Kier alpha value is -1.91. The molecule has 0 radical (unpaired) electrons. The number of likely N-dealkylation sites (tertiary alicyclic amines) is 2. The number of hydrogen-bond donors (Lipinski definition) is 0. The largest absolute Gasteiger partial charge is 0.342 e. The van der Waals surface area contributed by atoms with Gasteiger partial charge in [-0.2, -0.15) is 0 Å². The van der Waals surface area contributed by atoms with Gasteiger partial charge in [0.2, 0.25) is 11.8 Å².